The van der Waals surface area contributed by atoms with Gasteiger partial charge in [-0.1, -0.05) is 22.0 Å². The van der Waals surface area contributed by atoms with Crippen molar-refractivity contribution in [1.29, 1.82) is 0 Å². The van der Waals surface area contributed by atoms with Crippen LogP contribution in [0.1, 0.15) is 18.5 Å². The minimum atomic E-state index is 0.135. The maximum atomic E-state index is 9.14. The van der Waals surface area contributed by atoms with Crippen LogP contribution in [0.2, 0.25) is 0 Å². The van der Waals surface area contributed by atoms with Gasteiger partial charge in [-0.3, -0.25) is 0 Å². The molecule has 5 heteroatoms. The normalized spacial score (nSPS) is 12.5. The molecule has 0 aliphatic heterocycles. The van der Waals surface area contributed by atoms with Gasteiger partial charge < -0.3 is 20.1 Å². The number of ether oxygens (including phenoxy) is 1. The van der Waals surface area contributed by atoms with E-state index >= 15 is 0 Å². The van der Waals surface area contributed by atoms with Crippen LogP contribution in [0.3, 0.4) is 0 Å². The monoisotopic (exact) mass is 330 g/mol. The number of halogens is 1. The molecule has 19 heavy (non-hydrogen) atoms. The third-order valence-corrected chi connectivity index (χ3v) is 3.87. The molecule has 0 radical (unpaired) electrons. The van der Waals surface area contributed by atoms with Gasteiger partial charge in [0.05, 0.1) is 13.2 Å². The molecule has 1 rings (SSSR count). The van der Waals surface area contributed by atoms with E-state index < -0.39 is 0 Å². The number of nitrogens with one attached hydrogen (secondary N) is 1. The summed E-state index contributed by atoms with van der Waals surface area (Å²) >= 11 is 3.62. The highest BCUT2D eigenvalue weighted by Crippen LogP contribution is 2.28. The van der Waals surface area contributed by atoms with Crippen molar-refractivity contribution in [3.8, 4) is 0 Å². The van der Waals surface area contributed by atoms with Gasteiger partial charge in [-0.05, 0) is 31.7 Å². The maximum Gasteiger partial charge on any atom is 0.0637 e. The summed E-state index contributed by atoms with van der Waals surface area (Å²) in [5.41, 5.74) is 2.31. The Kier molecular flexibility index (Phi) is 7.38. The smallest absolute Gasteiger partial charge is 0.0637 e. The molecule has 0 spiro atoms. The minimum absolute atomic E-state index is 0.135. The van der Waals surface area contributed by atoms with E-state index in [9.17, 15) is 0 Å². The summed E-state index contributed by atoms with van der Waals surface area (Å²) in [5, 5.41) is 12.4. The average Bonchev–Trinajstić information content (AvgIpc) is 2.42. The van der Waals surface area contributed by atoms with Gasteiger partial charge in [0, 0.05) is 36.4 Å². The number of aliphatic hydroxyl groups excluding tert-OH is 1. The molecule has 0 fully saturated rings. The topological polar surface area (TPSA) is 44.7 Å². The lowest BCUT2D eigenvalue weighted by Crippen LogP contribution is -2.30. The Bertz CT molecular complexity index is 388. The second-order valence-corrected chi connectivity index (χ2v) is 5.27. The van der Waals surface area contributed by atoms with Gasteiger partial charge in [-0.25, -0.2) is 0 Å². The van der Waals surface area contributed by atoms with E-state index in [1.165, 1.54) is 5.56 Å². The lowest BCUT2D eigenvalue weighted by molar-refractivity contribution is 0.203. The van der Waals surface area contributed by atoms with Gasteiger partial charge >= 0.3 is 0 Å². The van der Waals surface area contributed by atoms with Crippen LogP contribution in [-0.2, 0) is 4.74 Å². The van der Waals surface area contributed by atoms with Crippen molar-refractivity contribution < 1.29 is 9.84 Å². The molecule has 2 N–H and O–H groups in total. The predicted octanol–water partition coefficient (Wildman–Crippen LogP) is 2.17. The maximum absolute atomic E-state index is 9.14. The zero-order chi connectivity index (χ0) is 14.3. The quantitative estimate of drug-likeness (QED) is 0.766. The Morgan fingerprint density at radius 3 is 2.68 bits per heavy atom. The molecule has 0 aromatic heterocycles. The molecule has 1 aromatic carbocycles. The largest absolute Gasteiger partial charge is 0.395 e. The third kappa shape index (κ3) is 4.76. The summed E-state index contributed by atoms with van der Waals surface area (Å²) in [7, 11) is 3.63. The zero-order valence-electron chi connectivity index (χ0n) is 11.8. The lowest BCUT2D eigenvalue weighted by atomic mass is 10.1. The van der Waals surface area contributed by atoms with Crippen LogP contribution in [0.25, 0.3) is 0 Å². The molecule has 1 atom stereocenters. The number of nitrogens with zero attached hydrogens (tertiary/aromatic N) is 1. The molecule has 0 bridgehead atoms. The summed E-state index contributed by atoms with van der Waals surface area (Å²) in [4.78, 5) is 2.11. The van der Waals surface area contributed by atoms with Gasteiger partial charge in [0.25, 0.3) is 0 Å². The van der Waals surface area contributed by atoms with Gasteiger partial charge in [-0.15, -0.1) is 0 Å². The summed E-state index contributed by atoms with van der Waals surface area (Å²) in [6, 6.07) is 6.58. The number of hydrogen-bond donors (Lipinski definition) is 2. The molecule has 1 unspecified atom stereocenters. The highest BCUT2D eigenvalue weighted by Gasteiger charge is 2.11. The van der Waals surface area contributed by atoms with Crippen LogP contribution < -0.4 is 10.2 Å². The van der Waals surface area contributed by atoms with Crippen LogP contribution in [0, 0.1) is 0 Å². The number of hydrogen-bond acceptors (Lipinski definition) is 4. The summed E-state index contributed by atoms with van der Waals surface area (Å²) < 4.78 is 6.18. The van der Waals surface area contributed by atoms with Crippen molar-refractivity contribution in [2.45, 2.75) is 13.0 Å². The van der Waals surface area contributed by atoms with Gasteiger partial charge in [-0.2, -0.15) is 0 Å². The molecular formula is C14H23BrN2O2. The van der Waals surface area contributed by atoms with Crippen LogP contribution in [0.4, 0.5) is 5.69 Å². The van der Waals surface area contributed by atoms with Gasteiger partial charge in [0.15, 0.2) is 0 Å². The number of methoxy groups -OCH3 is 1. The Morgan fingerprint density at radius 1 is 1.42 bits per heavy atom. The lowest BCUT2D eigenvalue weighted by Gasteiger charge is -2.25. The van der Waals surface area contributed by atoms with Gasteiger partial charge in [0.2, 0.25) is 0 Å². The van der Waals surface area contributed by atoms with E-state index in [1.807, 2.05) is 7.05 Å². The fourth-order valence-corrected chi connectivity index (χ4v) is 2.62. The van der Waals surface area contributed by atoms with Crippen LogP contribution >= 0.6 is 15.9 Å². The SMILES string of the molecule is CNC(C)c1ccc(N(CCO)CCOC)cc1Br. The second-order valence-electron chi connectivity index (χ2n) is 4.42. The Morgan fingerprint density at radius 2 is 2.16 bits per heavy atom. The Balaban J connectivity index is 2.89. The molecule has 0 amide bonds. The minimum Gasteiger partial charge on any atom is -0.395 e. The molecule has 4 nitrogen and oxygen atoms in total. The molecular weight excluding hydrogens is 308 g/mol. The molecule has 0 saturated heterocycles. The van der Waals surface area contributed by atoms with Crippen LogP contribution in [0.15, 0.2) is 22.7 Å². The highest BCUT2D eigenvalue weighted by molar-refractivity contribution is 9.10. The zero-order valence-corrected chi connectivity index (χ0v) is 13.4. The van der Waals surface area contributed by atoms with E-state index in [2.05, 4.69) is 51.3 Å². The summed E-state index contributed by atoms with van der Waals surface area (Å²) in [6.45, 7) is 4.28. The molecule has 0 saturated carbocycles. The Hall–Kier alpha value is -0.620. The van der Waals surface area contributed by atoms with E-state index in [1.54, 1.807) is 7.11 Å². The van der Waals surface area contributed by atoms with E-state index in [0.717, 1.165) is 16.7 Å². The average molecular weight is 331 g/mol. The third-order valence-electron chi connectivity index (χ3n) is 3.18. The first kappa shape index (κ1) is 16.4. The van der Waals surface area contributed by atoms with Crippen LogP contribution in [0.5, 0.6) is 0 Å². The van der Waals surface area contributed by atoms with Crippen molar-refractivity contribution in [3.05, 3.63) is 28.2 Å². The molecule has 0 aliphatic carbocycles. The number of rotatable bonds is 8. The van der Waals surface area contributed by atoms with Crippen molar-refractivity contribution in [3.63, 3.8) is 0 Å². The molecule has 0 heterocycles. The highest BCUT2D eigenvalue weighted by atomic mass is 79.9. The van der Waals surface area contributed by atoms with Crippen molar-refractivity contribution in [2.24, 2.45) is 0 Å². The molecule has 1 aromatic rings. The predicted molar refractivity (Wildman–Crippen MR) is 82.8 cm³/mol. The standard InChI is InChI=1S/C14H23BrN2O2/c1-11(16-2)13-5-4-12(10-14(13)15)17(6-8-18)7-9-19-3/h4-5,10-11,16,18H,6-9H2,1-3H3. The first-order valence-electron chi connectivity index (χ1n) is 6.45. The summed E-state index contributed by atoms with van der Waals surface area (Å²) in [5.74, 6) is 0. The van der Waals surface area contributed by atoms with E-state index in [4.69, 9.17) is 9.84 Å². The second kappa shape index (κ2) is 8.53. The number of benzene rings is 1. The molecule has 108 valence electrons. The Labute approximate surface area is 123 Å². The van der Waals surface area contributed by atoms with Crippen molar-refractivity contribution >= 4 is 21.6 Å². The first-order chi connectivity index (χ1) is 9.13. The number of aliphatic hydroxyl groups is 1. The van der Waals surface area contributed by atoms with Crippen molar-refractivity contribution in [2.75, 3.05) is 45.4 Å². The van der Waals surface area contributed by atoms with Crippen molar-refractivity contribution in [1.82, 2.24) is 5.32 Å². The van der Waals surface area contributed by atoms with Gasteiger partial charge in [0.1, 0.15) is 0 Å². The fraction of sp³-hybridized carbons (Fsp3) is 0.571. The molecule has 0 aliphatic rings. The van der Waals surface area contributed by atoms with E-state index in [0.29, 0.717) is 19.2 Å². The van der Waals surface area contributed by atoms with Crippen LogP contribution in [-0.4, -0.2) is 45.6 Å². The first-order valence-corrected chi connectivity index (χ1v) is 7.24. The summed E-state index contributed by atoms with van der Waals surface area (Å²) in [6.07, 6.45) is 0. The fourth-order valence-electron chi connectivity index (χ4n) is 1.91. The number of anilines is 1. The van der Waals surface area contributed by atoms with E-state index in [-0.39, 0.29) is 6.61 Å².